The molecule has 1 rings (SSSR count). The molecule has 0 aliphatic heterocycles. The molecule has 0 saturated heterocycles. The summed E-state index contributed by atoms with van der Waals surface area (Å²) in [5.74, 6) is 0. The molecule has 4 heteroatoms. The van der Waals surface area contributed by atoms with Gasteiger partial charge in [-0.2, -0.15) is 0 Å². The van der Waals surface area contributed by atoms with E-state index < -0.39 is 0 Å². The van der Waals surface area contributed by atoms with Crippen molar-refractivity contribution in [2.75, 3.05) is 6.61 Å². The van der Waals surface area contributed by atoms with Gasteiger partial charge < -0.3 is 5.11 Å². The number of rotatable bonds is 4. The summed E-state index contributed by atoms with van der Waals surface area (Å²) >= 11 is 0. The molecular weight excluding hydrogens is 154 g/mol. The van der Waals surface area contributed by atoms with Gasteiger partial charge in [-0.15, -0.1) is 11.7 Å². The summed E-state index contributed by atoms with van der Waals surface area (Å²) in [6.45, 7) is 6.34. The molecule has 1 aromatic heterocycles. The molecule has 0 unspecified atom stereocenters. The van der Waals surface area contributed by atoms with Crippen LogP contribution in [0.25, 0.3) is 0 Å². The topological polar surface area (TPSA) is 50.9 Å². The maximum absolute atomic E-state index is 8.69. The Morgan fingerprint density at radius 2 is 2.42 bits per heavy atom. The molecule has 4 nitrogen and oxygen atoms in total. The molecular formula is C8H13N3O. The first kappa shape index (κ1) is 8.93. The van der Waals surface area contributed by atoms with Gasteiger partial charge in [0.05, 0.1) is 17.9 Å². The molecule has 0 atom stereocenters. The summed E-state index contributed by atoms with van der Waals surface area (Å²) in [6.07, 6.45) is 2.34. The monoisotopic (exact) mass is 167 g/mol. The number of aromatic nitrogens is 3. The largest absolute Gasteiger partial charge is 0.396 e. The third-order valence-electron chi connectivity index (χ3n) is 1.73. The quantitative estimate of drug-likeness (QED) is 0.656. The van der Waals surface area contributed by atoms with E-state index in [9.17, 15) is 0 Å². The van der Waals surface area contributed by atoms with Crippen LogP contribution in [0.15, 0.2) is 12.7 Å². The van der Waals surface area contributed by atoms with E-state index in [-0.39, 0.29) is 6.61 Å². The fourth-order valence-corrected chi connectivity index (χ4v) is 1.03. The van der Waals surface area contributed by atoms with Crippen molar-refractivity contribution in [3.63, 3.8) is 0 Å². The van der Waals surface area contributed by atoms with E-state index >= 15 is 0 Å². The average molecular weight is 167 g/mol. The maximum atomic E-state index is 8.69. The van der Waals surface area contributed by atoms with Gasteiger partial charge in [0.1, 0.15) is 0 Å². The van der Waals surface area contributed by atoms with Crippen molar-refractivity contribution < 1.29 is 5.11 Å². The molecule has 0 aromatic carbocycles. The van der Waals surface area contributed by atoms with Crippen molar-refractivity contribution in [3.05, 3.63) is 24.0 Å². The zero-order chi connectivity index (χ0) is 8.97. The lowest BCUT2D eigenvalue weighted by Gasteiger charge is -1.97. The van der Waals surface area contributed by atoms with Crippen LogP contribution in [0.4, 0.5) is 0 Å². The first-order chi connectivity index (χ1) is 5.79. The molecule has 0 spiro atoms. The highest BCUT2D eigenvalue weighted by Crippen LogP contribution is 2.03. The fraction of sp³-hybridized carbons (Fsp3) is 0.500. The minimum atomic E-state index is 0.119. The van der Waals surface area contributed by atoms with Gasteiger partial charge in [-0.25, -0.2) is 4.68 Å². The van der Waals surface area contributed by atoms with Crippen LogP contribution >= 0.6 is 0 Å². The van der Waals surface area contributed by atoms with Crippen LogP contribution in [0.3, 0.4) is 0 Å². The van der Waals surface area contributed by atoms with E-state index in [2.05, 4.69) is 16.9 Å². The summed E-state index contributed by atoms with van der Waals surface area (Å²) < 4.78 is 1.76. The first-order valence-corrected chi connectivity index (χ1v) is 3.90. The van der Waals surface area contributed by atoms with Crippen LogP contribution < -0.4 is 0 Å². The van der Waals surface area contributed by atoms with Crippen LogP contribution in [-0.2, 0) is 13.0 Å². The van der Waals surface area contributed by atoms with E-state index in [4.69, 9.17) is 5.11 Å². The van der Waals surface area contributed by atoms with E-state index in [1.807, 2.05) is 6.92 Å². The number of aliphatic hydroxyl groups is 1. The Balaban J connectivity index is 2.80. The second kappa shape index (κ2) is 4.01. The molecule has 1 heterocycles. The molecule has 0 aliphatic rings. The summed E-state index contributed by atoms with van der Waals surface area (Å²) in [6, 6.07) is 0. The van der Waals surface area contributed by atoms with Gasteiger partial charge in [0.2, 0.25) is 0 Å². The van der Waals surface area contributed by atoms with Crippen LogP contribution in [0.2, 0.25) is 0 Å². The van der Waals surface area contributed by atoms with Crippen LogP contribution in [0, 0.1) is 6.92 Å². The third-order valence-corrected chi connectivity index (χ3v) is 1.73. The van der Waals surface area contributed by atoms with Crippen molar-refractivity contribution in [1.29, 1.82) is 0 Å². The summed E-state index contributed by atoms with van der Waals surface area (Å²) in [7, 11) is 0. The summed E-state index contributed by atoms with van der Waals surface area (Å²) in [5.41, 5.74) is 1.86. The van der Waals surface area contributed by atoms with Gasteiger partial charge >= 0.3 is 0 Å². The van der Waals surface area contributed by atoms with Crippen molar-refractivity contribution in [2.24, 2.45) is 0 Å². The molecule has 0 radical (unpaired) electrons. The zero-order valence-electron chi connectivity index (χ0n) is 7.19. The highest BCUT2D eigenvalue weighted by atomic mass is 16.3. The van der Waals surface area contributed by atoms with Crippen molar-refractivity contribution in [3.8, 4) is 0 Å². The SMILES string of the molecule is C=CCn1nnc(CCO)c1C. The van der Waals surface area contributed by atoms with Crippen LogP contribution in [-0.4, -0.2) is 26.7 Å². The Morgan fingerprint density at radius 1 is 1.67 bits per heavy atom. The molecule has 0 aliphatic carbocycles. The molecule has 0 bridgehead atoms. The standard InChI is InChI=1S/C8H13N3O/c1-3-5-11-7(2)8(4-6-12)9-10-11/h3,12H,1,4-6H2,2H3. The maximum Gasteiger partial charge on any atom is 0.0879 e. The Kier molecular flexibility index (Phi) is 2.99. The summed E-state index contributed by atoms with van der Waals surface area (Å²) in [5, 5.41) is 16.5. The van der Waals surface area contributed by atoms with E-state index in [1.54, 1.807) is 10.8 Å². The first-order valence-electron chi connectivity index (χ1n) is 3.90. The van der Waals surface area contributed by atoms with Gasteiger partial charge in [0.15, 0.2) is 0 Å². The van der Waals surface area contributed by atoms with Gasteiger partial charge in [-0.3, -0.25) is 0 Å². The molecule has 1 N–H and O–H groups in total. The Labute approximate surface area is 71.5 Å². The minimum absolute atomic E-state index is 0.119. The van der Waals surface area contributed by atoms with Crippen molar-refractivity contribution in [2.45, 2.75) is 19.9 Å². The summed E-state index contributed by atoms with van der Waals surface area (Å²) in [4.78, 5) is 0. The second-order valence-electron chi connectivity index (χ2n) is 2.57. The number of hydrogen-bond donors (Lipinski definition) is 1. The smallest absolute Gasteiger partial charge is 0.0879 e. The van der Waals surface area contributed by atoms with E-state index in [0.29, 0.717) is 13.0 Å². The zero-order valence-corrected chi connectivity index (χ0v) is 7.19. The molecule has 0 fully saturated rings. The molecule has 1 aromatic rings. The second-order valence-corrected chi connectivity index (χ2v) is 2.57. The van der Waals surface area contributed by atoms with Crippen molar-refractivity contribution in [1.82, 2.24) is 15.0 Å². The van der Waals surface area contributed by atoms with Gasteiger partial charge in [0, 0.05) is 13.0 Å². The van der Waals surface area contributed by atoms with Crippen molar-refractivity contribution >= 4 is 0 Å². The van der Waals surface area contributed by atoms with Gasteiger partial charge in [-0.1, -0.05) is 11.3 Å². The predicted octanol–water partition coefficient (Wildman–Crippen LogP) is 0.307. The molecule has 0 saturated carbocycles. The van der Waals surface area contributed by atoms with E-state index in [1.165, 1.54) is 0 Å². The lowest BCUT2D eigenvalue weighted by molar-refractivity contribution is 0.298. The van der Waals surface area contributed by atoms with E-state index in [0.717, 1.165) is 11.4 Å². The number of hydrogen-bond acceptors (Lipinski definition) is 3. The Hall–Kier alpha value is -1.16. The lowest BCUT2D eigenvalue weighted by Crippen LogP contribution is -2.00. The normalized spacial score (nSPS) is 10.2. The Bertz CT molecular complexity index is 267. The number of nitrogens with zero attached hydrogens (tertiary/aromatic N) is 3. The highest BCUT2D eigenvalue weighted by Gasteiger charge is 2.05. The minimum Gasteiger partial charge on any atom is -0.396 e. The van der Waals surface area contributed by atoms with Crippen LogP contribution in [0.5, 0.6) is 0 Å². The molecule has 12 heavy (non-hydrogen) atoms. The van der Waals surface area contributed by atoms with Gasteiger partial charge in [0.25, 0.3) is 0 Å². The van der Waals surface area contributed by atoms with Gasteiger partial charge in [-0.05, 0) is 6.92 Å². The Morgan fingerprint density at radius 3 is 3.00 bits per heavy atom. The third kappa shape index (κ3) is 1.71. The molecule has 66 valence electrons. The highest BCUT2D eigenvalue weighted by molar-refractivity contribution is 5.08. The predicted molar refractivity (Wildman–Crippen MR) is 45.7 cm³/mol. The average Bonchev–Trinajstić information content (AvgIpc) is 2.38. The fourth-order valence-electron chi connectivity index (χ4n) is 1.03. The molecule has 0 amide bonds. The number of aliphatic hydroxyl groups excluding tert-OH is 1. The van der Waals surface area contributed by atoms with Crippen LogP contribution in [0.1, 0.15) is 11.4 Å². The lowest BCUT2D eigenvalue weighted by atomic mass is 10.3. The number of allylic oxidation sites excluding steroid dienone is 1.